The maximum atomic E-state index is 15.2. The van der Waals surface area contributed by atoms with E-state index in [0.29, 0.717) is 23.3 Å². The maximum Gasteiger partial charge on any atom is 0.134 e. The van der Waals surface area contributed by atoms with Gasteiger partial charge in [0.1, 0.15) is 11.6 Å². The van der Waals surface area contributed by atoms with Gasteiger partial charge in [-0.15, -0.1) is 0 Å². The van der Waals surface area contributed by atoms with E-state index >= 15 is 4.39 Å². The van der Waals surface area contributed by atoms with Gasteiger partial charge in [0.2, 0.25) is 0 Å². The molecule has 0 radical (unpaired) electrons. The molecule has 0 spiro atoms. The van der Waals surface area contributed by atoms with Crippen molar-refractivity contribution < 1.29 is 8.78 Å². The average molecular weight is 505 g/mol. The van der Waals surface area contributed by atoms with Crippen molar-refractivity contribution in [2.45, 2.75) is 71.1 Å². The number of fused-ring (bicyclic) bond motifs is 1. The van der Waals surface area contributed by atoms with Crippen molar-refractivity contribution in [2.75, 3.05) is 0 Å². The monoisotopic (exact) mass is 504 g/mol. The second-order valence-electron chi connectivity index (χ2n) is 9.81. The summed E-state index contributed by atoms with van der Waals surface area (Å²) in [4.78, 5) is 0. The zero-order valence-corrected chi connectivity index (χ0v) is 21.9. The third kappa shape index (κ3) is 7.17. The Hall–Kier alpha value is -2.71. The van der Waals surface area contributed by atoms with Crippen molar-refractivity contribution in [3.63, 3.8) is 0 Å². The molecule has 0 heterocycles. The topological polar surface area (TPSA) is 0 Å². The molecule has 0 aliphatic rings. The van der Waals surface area contributed by atoms with Crippen molar-refractivity contribution >= 4 is 22.4 Å². The standard InChI is InChI=1S/C33H35ClF2/c1-2-3-4-5-6-7-25-9-14-27(32(35)23-25)15-10-26-13-21-31-29(22-26)18-17-28(33(31)36)16-8-24-11-19-30(34)20-12-24/h9,11-14,17-23H,2-8,10,15-16H2,1H3. The average Bonchev–Trinajstić information content (AvgIpc) is 2.88. The molecule has 4 rings (SSSR count). The van der Waals surface area contributed by atoms with Gasteiger partial charge >= 0.3 is 0 Å². The maximum absolute atomic E-state index is 15.2. The zero-order valence-electron chi connectivity index (χ0n) is 21.1. The first kappa shape index (κ1) is 26.4. The fraction of sp³-hybridized carbons (Fsp3) is 0.333. The molecule has 0 bridgehead atoms. The summed E-state index contributed by atoms with van der Waals surface area (Å²) in [7, 11) is 0. The summed E-state index contributed by atoms with van der Waals surface area (Å²) >= 11 is 5.95. The lowest BCUT2D eigenvalue weighted by Crippen LogP contribution is -1.98. The van der Waals surface area contributed by atoms with Crippen LogP contribution in [0, 0.1) is 11.6 Å². The summed E-state index contributed by atoms with van der Waals surface area (Å²) in [6, 6.07) is 23.2. The summed E-state index contributed by atoms with van der Waals surface area (Å²) < 4.78 is 29.9. The molecule has 4 aromatic rings. The van der Waals surface area contributed by atoms with Crippen LogP contribution < -0.4 is 0 Å². The van der Waals surface area contributed by atoms with Gasteiger partial charge < -0.3 is 0 Å². The molecule has 36 heavy (non-hydrogen) atoms. The fourth-order valence-electron chi connectivity index (χ4n) is 4.83. The van der Waals surface area contributed by atoms with Crippen LogP contribution in [-0.4, -0.2) is 0 Å². The second-order valence-corrected chi connectivity index (χ2v) is 10.2. The Morgan fingerprint density at radius 3 is 2.00 bits per heavy atom. The van der Waals surface area contributed by atoms with Crippen molar-refractivity contribution in [2.24, 2.45) is 0 Å². The van der Waals surface area contributed by atoms with Gasteiger partial charge in [0.15, 0.2) is 0 Å². The minimum Gasteiger partial charge on any atom is -0.207 e. The van der Waals surface area contributed by atoms with Gasteiger partial charge in [-0.2, -0.15) is 0 Å². The summed E-state index contributed by atoms with van der Waals surface area (Å²) in [5.74, 6) is -0.262. The van der Waals surface area contributed by atoms with Gasteiger partial charge in [-0.1, -0.05) is 98.8 Å². The lowest BCUT2D eigenvalue weighted by Gasteiger charge is -2.10. The SMILES string of the molecule is CCCCCCCc1ccc(CCc2ccc3c(F)c(CCc4ccc(Cl)cc4)ccc3c2)c(F)c1. The number of aryl methyl sites for hydroxylation is 5. The lowest BCUT2D eigenvalue weighted by molar-refractivity contribution is 0.601. The first-order chi connectivity index (χ1) is 17.5. The Balaban J connectivity index is 1.35. The van der Waals surface area contributed by atoms with Gasteiger partial charge in [0.25, 0.3) is 0 Å². The molecule has 0 N–H and O–H groups in total. The van der Waals surface area contributed by atoms with Gasteiger partial charge in [0, 0.05) is 10.4 Å². The largest absolute Gasteiger partial charge is 0.207 e. The van der Waals surface area contributed by atoms with E-state index in [4.69, 9.17) is 11.6 Å². The molecule has 3 heteroatoms. The van der Waals surface area contributed by atoms with E-state index in [-0.39, 0.29) is 11.6 Å². The molecule has 0 saturated carbocycles. The quantitative estimate of drug-likeness (QED) is 0.168. The van der Waals surface area contributed by atoms with Gasteiger partial charge in [-0.3, -0.25) is 0 Å². The van der Waals surface area contributed by atoms with E-state index in [2.05, 4.69) is 13.0 Å². The van der Waals surface area contributed by atoms with E-state index in [1.807, 2.05) is 60.7 Å². The van der Waals surface area contributed by atoms with Crippen molar-refractivity contribution in [3.8, 4) is 0 Å². The molecular formula is C33H35ClF2. The van der Waals surface area contributed by atoms with Crippen LogP contribution in [0.2, 0.25) is 5.02 Å². The van der Waals surface area contributed by atoms with Crippen LogP contribution in [0.25, 0.3) is 10.8 Å². The molecule has 4 aromatic carbocycles. The molecule has 0 fully saturated rings. The summed E-state index contributed by atoms with van der Waals surface area (Å²) in [6.07, 6.45) is 9.82. The van der Waals surface area contributed by atoms with Gasteiger partial charge in [0.05, 0.1) is 0 Å². The highest BCUT2D eigenvalue weighted by Gasteiger charge is 2.10. The first-order valence-corrected chi connectivity index (χ1v) is 13.6. The van der Waals surface area contributed by atoms with Gasteiger partial charge in [-0.05, 0) is 89.9 Å². The molecule has 188 valence electrons. The Morgan fingerprint density at radius 1 is 0.583 bits per heavy atom. The summed E-state index contributed by atoms with van der Waals surface area (Å²) in [6.45, 7) is 2.21. The van der Waals surface area contributed by atoms with Crippen LogP contribution in [0.5, 0.6) is 0 Å². The molecule has 0 saturated heterocycles. The minimum atomic E-state index is -0.149. The molecule has 0 nitrogen and oxygen atoms in total. The highest BCUT2D eigenvalue weighted by Crippen LogP contribution is 2.25. The van der Waals surface area contributed by atoms with E-state index < -0.39 is 0 Å². The Morgan fingerprint density at radius 2 is 1.22 bits per heavy atom. The van der Waals surface area contributed by atoms with Gasteiger partial charge in [-0.25, -0.2) is 8.78 Å². The molecule has 0 atom stereocenters. The van der Waals surface area contributed by atoms with Crippen LogP contribution in [-0.2, 0) is 32.1 Å². The fourth-order valence-corrected chi connectivity index (χ4v) is 4.95. The zero-order chi connectivity index (χ0) is 25.3. The number of halogens is 3. The van der Waals surface area contributed by atoms with E-state index in [1.54, 1.807) is 6.07 Å². The molecule has 0 unspecified atom stereocenters. The minimum absolute atomic E-state index is 0.113. The van der Waals surface area contributed by atoms with Crippen molar-refractivity contribution in [3.05, 3.63) is 117 Å². The van der Waals surface area contributed by atoms with Crippen molar-refractivity contribution in [1.29, 1.82) is 0 Å². The van der Waals surface area contributed by atoms with Crippen LogP contribution in [0.3, 0.4) is 0 Å². The number of hydrogen-bond donors (Lipinski definition) is 0. The Bertz CT molecular complexity index is 1280. The number of hydrogen-bond acceptors (Lipinski definition) is 0. The highest BCUT2D eigenvalue weighted by atomic mass is 35.5. The lowest BCUT2D eigenvalue weighted by atomic mass is 9.96. The molecular weight excluding hydrogens is 470 g/mol. The van der Waals surface area contributed by atoms with Crippen LogP contribution in [0.4, 0.5) is 8.78 Å². The van der Waals surface area contributed by atoms with E-state index in [9.17, 15) is 4.39 Å². The van der Waals surface area contributed by atoms with Crippen LogP contribution >= 0.6 is 11.6 Å². The van der Waals surface area contributed by atoms with Crippen molar-refractivity contribution in [1.82, 2.24) is 0 Å². The van der Waals surface area contributed by atoms with E-state index in [0.717, 1.165) is 58.9 Å². The van der Waals surface area contributed by atoms with Crippen LogP contribution in [0.15, 0.2) is 72.8 Å². The molecule has 0 aliphatic carbocycles. The predicted octanol–water partition coefficient (Wildman–Crippen LogP) is 9.85. The Labute approximate surface area is 219 Å². The second kappa shape index (κ2) is 13.0. The highest BCUT2D eigenvalue weighted by molar-refractivity contribution is 6.30. The smallest absolute Gasteiger partial charge is 0.134 e. The number of benzene rings is 4. The molecule has 0 aromatic heterocycles. The number of rotatable bonds is 12. The molecule has 0 amide bonds. The third-order valence-corrected chi connectivity index (χ3v) is 7.32. The molecule has 0 aliphatic heterocycles. The van der Waals surface area contributed by atoms with Crippen LogP contribution in [0.1, 0.15) is 66.8 Å². The van der Waals surface area contributed by atoms with E-state index in [1.165, 1.54) is 25.7 Å². The first-order valence-electron chi connectivity index (χ1n) is 13.2. The predicted molar refractivity (Wildman–Crippen MR) is 149 cm³/mol. The summed E-state index contributed by atoms with van der Waals surface area (Å²) in [5.41, 5.74) is 4.78. The summed E-state index contributed by atoms with van der Waals surface area (Å²) in [5, 5.41) is 2.24. The number of unbranched alkanes of at least 4 members (excludes halogenated alkanes) is 4. The third-order valence-electron chi connectivity index (χ3n) is 7.06. The normalized spacial score (nSPS) is 11.3. The Kier molecular flexibility index (Phi) is 9.53.